The van der Waals surface area contributed by atoms with E-state index in [4.69, 9.17) is 19.3 Å². The standard InChI is InChI=1S/C21H23N3O3S2/c1-14(2)11-22-21-24(23-12-16-7-6-8-28-16)17(13-29-21)15-9-18(25-3)20(27-5)19(10-15)26-4/h6-10,12-13H,1,11H2,2-5H3. The van der Waals surface area contributed by atoms with Crippen LogP contribution in [0.15, 0.2) is 57.3 Å². The molecule has 0 fully saturated rings. The smallest absolute Gasteiger partial charge is 0.206 e. The lowest BCUT2D eigenvalue weighted by molar-refractivity contribution is 0.324. The number of nitrogens with zero attached hydrogens (tertiary/aromatic N) is 3. The maximum atomic E-state index is 5.50. The van der Waals surface area contributed by atoms with E-state index in [2.05, 4.69) is 11.6 Å². The number of ether oxygens (including phenoxy) is 3. The van der Waals surface area contributed by atoms with Crippen LogP contribution in [0.5, 0.6) is 17.2 Å². The molecule has 8 heteroatoms. The Morgan fingerprint density at radius 1 is 1.14 bits per heavy atom. The molecule has 0 spiro atoms. The van der Waals surface area contributed by atoms with E-state index in [1.807, 2.05) is 52.8 Å². The van der Waals surface area contributed by atoms with Crippen LogP contribution in [0.2, 0.25) is 0 Å². The molecule has 0 aliphatic carbocycles. The second-order valence-corrected chi connectivity index (χ2v) is 7.98. The highest BCUT2D eigenvalue weighted by Crippen LogP contribution is 2.41. The molecule has 29 heavy (non-hydrogen) atoms. The van der Waals surface area contributed by atoms with Gasteiger partial charge in [0.25, 0.3) is 0 Å². The van der Waals surface area contributed by atoms with Crippen molar-refractivity contribution in [3.8, 4) is 28.5 Å². The summed E-state index contributed by atoms with van der Waals surface area (Å²) in [6.07, 6.45) is 1.83. The Bertz CT molecular complexity index is 1050. The molecule has 0 radical (unpaired) electrons. The Kier molecular flexibility index (Phi) is 6.90. The van der Waals surface area contributed by atoms with Crippen molar-refractivity contribution in [1.82, 2.24) is 4.68 Å². The summed E-state index contributed by atoms with van der Waals surface area (Å²) in [6.45, 7) is 6.43. The van der Waals surface area contributed by atoms with Gasteiger partial charge in [0, 0.05) is 15.8 Å². The highest BCUT2D eigenvalue weighted by Gasteiger charge is 2.17. The summed E-state index contributed by atoms with van der Waals surface area (Å²) in [5.74, 6) is 1.72. The van der Waals surface area contributed by atoms with E-state index in [0.717, 1.165) is 26.5 Å². The van der Waals surface area contributed by atoms with Crippen LogP contribution < -0.4 is 19.0 Å². The average Bonchev–Trinajstić information content (AvgIpc) is 3.38. The van der Waals surface area contributed by atoms with E-state index >= 15 is 0 Å². The predicted molar refractivity (Wildman–Crippen MR) is 120 cm³/mol. The van der Waals surface area contributed by atoms with E-state index in [1.54, 1.807) is 32.7 Å². The van der Waals surface area contributed by atoms with Crippen molar-refractivity contribution in [3.05, 3.63) is 56.9 Å². The van der Waals surface area contributed by atoms with Gasteiger partial charge in [-0.05, 0) is 30.5 Å². The van der Waals surface area contributed by atoms with Crippen LogP contribution in [0, 0.1) is 0 Å². The Labute approximate surface area is 178 Å². The maximum absolute atomic E-state index is 5.50. The quantitative estimate of drug-likeness (QED) is 0.386. The van der Waals surface area contributed by atoms with Crippen LogP contribution in [0.25, 0.3) is 11.3 Å². The van der Waals surface area contributed by atoms with E-state index in [-0.39, 0.29) is 0 Å². The molecule has 0 aliphatic rings. The molecule has 6 nitrogen and oxygen atoms in total. The third-order valence-corrected chi connectivity index (χ3v) is 5.63. The zero-order valence-corrected chi connectivity index (χ0v) is 18.5. The molecule has 3 rings (SSSR count). The molecule has 0 unspecified atom stereocenters. The van der Waals surface area contributed by atoms with Gasteiger partial charge in [-0.2, -0.15) is 5.10 Å². The van der Waals surface area contributed by atoms with E-state index in [9.17, 15) is 0 Å². The molecule has 0 N–H and O–H groups in total. The first-order valence-electron chi connectivity index (χ1n) is 8.81. The van der Waals surface area contributed by atoms with Crippen molar-refractivity contribution in [3.63, 3.8) is 0 Å². The molecule has 1 aromatic carbocycles. The van der Waals surface area contributed by atoms with Crippen molar-refractivity contribution in [2.45, 2.75) is 6.92 Å². The van der Waals surface area contributed by atoms with E-state index in [1.165, 1.54) is 11.3 Å². The average molecular weight is 430 g/mol. The van der Waals surface area contributed by atoms with Gasteiger partial charge in [-0.1, -0.05) is 18.2 Å². The second kappa shape index (κ2) is 9.58. The normalized spacial score (nSPS) is 11.8. The zero-order chi connectivity index (χ0) is 20.8. The molecule has 3 aromatic rings. The Hall–Kier alpha value is -2.84. The molecule has 0 atom stereocenters. The Balaban J connectivity index is 2.16. The lowest BCUT2D eigenvalue weighted by atomic mass is 10.1. The molecule has 2 heterocycles. The number of aromatic nitrogens is 1. The van der Waals surface area contributed by atoms with E-state index in [0.29, 0.717) is 23.8 Å². The largest absolute Gasteiger partial charge is 0.493 e. The highest BCUT2D eigenvalue weighted by atomic mass is 32.1. The van der Waals surface area contributed by atoms with Crippen LogP contribution in [-0.2, 0) is 0 Å². The molecule has 0 aliphatic heterocycles. The Morgan fingerprint density at radius 3 is 2.41 bits per heavy atom. The summed E-state index contributed by atoms with van der Waals surface area (Å²) < 4.78 is 18.3. The minimum absolute atomic E-state index is 0.545. The van der Waals surface area contributed by atoms with Gasteiger partial charge in [0.05, 0.1) is 39.8 Å². The minimum atomic E-state index is 0.545. The lowest BCUT2D eigenvalue weighted by Gasteiger charge is -2.14. The predicted octanol–water partition coefficient (Wildman–Crippen LogP) is 4.66. The van der Waals surface area contributed by atoms with Crippen LogP contribution >= 0.6 is 22.7 Å². The van der Waals surface area contributed by atoms with Crippen molar-refractivity contribution in [2.75, 3.05) is 27.9 Å². The van der Waals surface area contributed by atoms with E-state index < -0.39 is 0 Å². The molecule has 152 valence electrons. The van der Waals surface area contributed by atoms with Gasteiger partial charge in [0.2, 0.25) is 10.6 Å². The van der Waals surface area contributed by atoms with Crippen LogP contribution in [0.3, 0.4) is 0 Å². The van der Waals surface area contributed by atoms with Crippen molar-refractivity contribution < 1.29 is 14.2 Å². The minimum Gasteiger partial charge on any atom is -0.493 e. The summed E-state index contributed by atoms with van der Waals surface area (Å²) in [4.78, 5) is 6.50. The summed E-state index contributed by atoms with van der Waals surface area (Å²) >= 11 is 3.15. The van der Waals surface area contributed by atoms with Gasteiger partial charge < -0.3 is 14.2 Å². The second-order valence-electron chi connectivity index (χ2n) is 6.16. The van der Waals surface area contributed by atoms with Gasteiger partial charge in [0.1, 0.15) is 0 Å². The summed E-state index contributed by atoms with van der Waals surface area (Å²) in [5.41, 5.74) is 2.75. The van der Waals surface area contributed by atoms with Crippen LogP contribution in [0.4, 0.5) is 0 Å². The highest BCUT2D eigenvalue weighted by molar-refractivity contribution is 7.11. The number of hydrogen-bond donors (Lipinski definition) is 0. The molecule has 2 aromatic heterocycles. The topological polar surface area (TPSA) is 57.3 Å². The molecule has 0 amide bonds. The molecular weight excluding hydrogens is 406 g/mol. The number of hydrogen-bond acceptors (Lipinski definition) is 7. The number of rotatable bonds is 8. The van der Waals surface area contributed by atoms with Crippen molar-refractivity contribution in [1.29, 1.82) is 0 Å². The first kappa shape index (κ1) is 20.9. The van der Waals surface area contributed by atoms with Crippen LogP contribution in [0.1, 0.15) is 11.8 Å². The SMILES string of the molecule is C=C(C)CN=c1scc(-c2cc(OC)c(OC)c(OC)c2)n1N=Cc1cccs1. The van der Waals surface area contributed by atoms with Gasteiger partial charge in [-0.3, -0.25) is 4.99 Å². The first-order valence-corrected chi connectivity index (χ1v) is 10.6. The fourth-order valence-electron chi connectivity index (χ4n) is 2.63. The zero-order valence-electron chi connectivity index (χ0n) is 16.8. The molecule has 0 bridgehead atoms. The third kappa shape index (κ3) is 4.78. The number of thiophene rings is 1. The number of methoxy groups -OCH3 is 3. The van der Waals surface area contributed by atoms with Gasteiger partial charge in [0.15, 0.2) is 11.5 Å². The van der Waals surface area contributed by atoms with Gasteiger partial charge in [-0.15, -0.1) is 22.7 Å². The molecule has 0 saturated heterocycles. The fraction of sp³-hybridized carbons (Fsp3) is 0.238. The number of benzene rings is 1. The summed E-state index contributed by atoms with van der Waals surface area (Å²) in [5, 5.41) is 8.73. The third-order valence-electron chi connectivity index (χ3n) is 3.97. The van der Waals surface area contributed by atoms with Gasteiger partial charge >= 0.3 is 0 Å². The van der Waals surface area contributed by atoms with Crippen molar-refractivity contribution >= 4 is 28.9 Å². The van der Waals surface area contributed by atoms with Gasteiger partial charge in [-0.25, -0.2) is 4.68 Å². The summed E-state index contributed by atoms with van der Waals surface area (Å²) in [6, 6.07) is 7.83. The van der Waals surface area contributed by atoms with Crippen molar-refractivity contribution in [2.24, 2.45) is 10.1 Å². The van der Waals surface area contributed by atoms with Crippen LogP contribution in [-0.4, -0.2) is 38.8 Å². The first-order chi connectivity index (χ1) is 14.1. The lowest BCUT2D eigenvalue weighted by Crippen LogP contribution is -2.13. The molecule has 0 saturated carbocycles. The molecular formula is C21H23N3O3S2. The monoisotopic (exact) mass is 429 g/mol. The maximum Gasteiger partial charge on any atom is 0.206 e. The number of thiazole rings is 1. The summed E-state index contributed by atoms with van der Waals surface area (Å²) in [7, 11) is 4.79. The Morgan fingerprint density at radius 2 is 1.86 bits per heavy atom. The fourth-order valence-corrected chi connectivity index (χ4v) is 4.05.